The normalized spacial score (nSPS) is 22.2. The molecule has 3 N–H and O–H groups in total. The minimum absolute atomic E-state index is 0. The Kier molecular flexibility index (Phi) is 13.6. The van der Waals surface area contributed by atoms with Gasteiger partial charge in [-0.1, -0.05) is 30.3 Å². The van der Waals surface area contributed by atoms with Gasteiger partial charge >= 0.3 is 0 Å². The fraction of sp³-hybridized carbons (Fsp3) is 0.720. The molecule has 0 amide bonds. The number of halogens is 1. The molecule has 2 saturated heterocycles. The predicted octanol–water partition coefficient (Wildman–Crippen LogP) is 2.55. The Morgan fingerprint density at radius 3 is 2.52 bits per heavy atom. The summed E-state index contributed by atoms with van der Waals surface area (Å²) < 4.78 is 5.58. The summed E-state index contributed by atoms with van der Waals surface area (Å²) in [6.45, 7) is 13.1. The van der Waals surface area contributed by atoms with Crippen LogP contribution < -0.4 is 10.6 Å². The molecule has 2 aliphatic rings. The summed E-state index contributed by atoms with van der Waals surface area (Å²) in [4.78, 5) is 9.96. The Hall–Kier alpha value is -0.940. The molecular weight excluding hydrogens is 529 g/mol. The number of hydrogen-bond donors (Lipinski definition) is 3. The summed E-state index contributed by atoms with van der Waals surface area (Å²) in [5.41, 5.74) is 1.41. The number of hydrogen-bond acceptors (Lipinski definition) is 5. The van der Waals surface area contributed by atoms with Crippen molar-refractivity contribution in [2.45, 2.75) is 39.2 Å². The zero-order valence-electron chi connectivity index (χ0n) is 20.3. The molecule has 188 valence electrons. The van der Waals surface area contributed by atoms with E-state index >= 15 is 0 Å². The summed E-state index contributed by atoms with van der Waals surface area (Å²) >= 11 is 0. The van der Waals surface area contributed by atoms with Crippen molar-refractivity contribution < 1.29 is 9.84 Å². The number of piperazine rings is 1. The predicted molar refractivity (Wildman–Crippen MR) is 146 cm³/mol. The lowest BCUT2D eigenvalue weighted by atomic mass is 9.84. The molecule has 3 rings (SSSR count). The van der Waals surface area contributed by atoms with Crippen LogP contribution in [-0.2, 0) is 11.3 Å². The molecule has 2 aliphatic heterocycles. The van der Waals surface area contributed by atoms with Gasteiger partial charge in [0.1, 0.15) is 0 Å². The van der Waals surface area contributed by atoms with E-state index in [9.17, 15) is 5.11 Å². The second kappa shape index (κ2) is 15.9. The van der Waals surface area contributed by atoms with Crippen molar-refractivity contribution in [1.29, 1.82) is 0 Å². The molecule has 2 heterocycles. The first-order valence-electron chi connectivity index (χ1n) is 12.4. The summed E-state index contributed by atoms with van der Waals surface area (Å²) in [5.74, 6) is 0.881. The number of nitrogens with one attached hydrogen (secondary N) is 2. The molecule has 1 aromatic rings. The van der Waals surface area contributed by atoms with E-state index in [0.29, 0.717) is 13.2 Å². The van der Waals surface area contributed by atoms with Gasteiger partial charge in [0, 0.05) is 64.4 Å². The number of benzene rings is 1. The van der Waals surface area contributed by atoms with Gasteiger partial charge in [-0.15, -0.1) is 24.0 Å². The van der Waals surface area contributed by atoms with E-state index < -0.39 is 0 Å². The summed E-state index contributed by atoms with van der Waals surface area (Å²) in [5, 5.41) is 16.2. The molecule has 8 heteroatoms. The van der Waals surface area contributed by atoms with Crippen LogP contribution in [0.3, 0.4) is 0 Å². The van der Waals surface area contributed by atoms with Gasteiger partial charge in [-0.25, -0.2) is 0 Å². The number of rotatable bonds is 12. The van der Waals surface area contributed by atoms with E-state index in [1.807, 2.05) is 0 Å². The van der Waals surface area contributed by atoms with Crippen molar-refractivity contribution in [3.63, 3.8) is 0 Å². The third kappa shape index (κ3) is 10.1. The lowest BCUT2D eigenvalue weighted by Crippen LogP contribution is -2.46. The summed E-state index contributed by atoms with van der Waals surface area (Å²) in [6.07, 6.45) is 4.08. The highest BCUT2D eigenvalue weighted by molar-refractivity contribution is 14.0. The molecule has 0 aliphatic carbocycles. The van der Waals surface area contributed by atoms with Gasteiger partial charge in [0.15, 0.2) is 5.96 Å². The van der Waals surface area contributed by atoms with Crippen molar-refractivity contribution in [2.75, 3.05) is 72.2 Å². The SMILES string of the molecule is CCNC(=NCC1(CCO)CCOC1)NCCCCN1CCN(Cc2ccccc2)CC1.I. The van der Waals surface area contributed by atoms with E-state index in [4.69, 9.17) is 9.73 Å². The standard InChI is InChI=1S/C25H43N5O2.HI/c1-2-26-24(28-21-25(10-18-31)11-19-32-22-25)27-12-6-7-13-29-14-16-30(17-15-29)20-23-8-4-3-5-9-23;/h3-5,8-9,31H,2,6-7,10-22H2,1H3,(H2,26,27,28);1H. The van der Waals surface area contributed by atoms with Crippen molar-refractivity contribution in [3.05, 3.63) is 35.9 Å². The second-order valence-electron chi connectivity index (χ2n) is 9.21. The van der Waals surface area contributed by atoms with E-state index in [-0.39, 0.29) is 36.0 Å². The Morgan fingerprint density at radius 2 is 1.85 bits per heavy atom. The topological polar surface area (TPSA) is 72.4 Å². The van der Waals surface area contributed by atoms with E-state index in [1.165, 1.54) is 31.6 Å². The van der Waals surface area contributed by atoms with E-state index in [1.54, 1.807) is 0 Å². The fourth-order valence-corrected chi connectivity index (χ4v) is 4.56. The number of guanidine groups is 1. The van der Waals surface area contributed by atoms with Gasteiger partial charge in [-0.2, -0.15) is 0 Å². The maximum atomic E-state index is 9.41. The molecular formula is C25H44IN5O2. The van der Waals surface area contributed by atoms with Gasteiger partial charge in [0.25, 0.3) is 0 Å². The van der Waals surface area contributed by atoms with Gasteiger partial charge in [-0.3, -0.25) is 9.89 Å². The minimum atomic E-state index is -0.000241. The lowest BCUT2D eigenvalue weighted by molar-refractivity contribution is 0.126. The second-order valence-corrected chi connectivity index (χ2v) is 9.21. The van der Waals surface area contributed by atoms with Crippen molar-refractivity contribution in [2.24, 2.45) is 10.4 Å². The summed E-state index contributed by atoms with van der Waals surface area (Å²) in [7, 11) is 0. The highest BCUT2D eigenvalue weighted by Crippen LogP contribution is 2.32. The van der Waals surface area contributed by atoms with E-state index in [2.05, 4.69) is 57.7 Å². The van der Waals surface area contributed by atoms with Gasteiger partial charge in [-0.05, 0) is 44.7 Å². The fourth-order valence-electron chi connectivity index (χ4n) is 4.56. The molecule has 1 aromatic carbocycles. The first kappa shape index (κ1) is 28.3. The molecule has 2 fully saturated rings. The lowest BCUT2D eigenvalue weighted by Gasteiger charge is -2.34. The number of aliphatic hydroxyl groups is 1. The summed E-state index contributed by atoms with van der Waals surface area (Å²) in [6, 6.07) is 10.8. The quantitative estimate of drug-likeness (QED) is 0.155. The van der Waals surface area contributed by atoms with Crippen LogP contribution in [0.1, 0.15) is 38.2 Å². The number of ether oxygens (including phenoxy) is 1. The highest BCUT2D eigenvalue weighted by Gasteiger charge is 2.34. The van der Waals surface area contributed by atoms with E-state index in [0.717, 1.165) is 64.6 Å². The molecule has 0 bridgehead atoms. The Balaban J connectivity index is 0.00000385. The van der Waals surface area contributed by atoms with Crippen LogP contribution in [0.4, 0.5) is 0 Å². The number of nitrogens with zero attached hydrogens (tertiary/aromatic N) is 3. The van der Waals surface area contributed by atoms with Gasteiger partial charge in [0.05, 0.1) is 13.2 Å². The number of unbranched alkanes of at least 4 members (excludes halogenated alkanes) is 1. The maximum absolute atomic E-state index is 9.41. The molecule has 33 heavy (non-hydrogen) atoms. The van der Waals surface area contributed by atoms with Gasteiger partial charge < -0.3 is 25.4 Å². The zero-order valence-corrected chi connectivity index (χ0v) is 22.6. The van der Waals surface area contributed by atoms with Crippen LogP contribution in [0.15, 0.2) is 35.3 Å². The molecule has 0 spiro atoms. The Labute approximate surface area is 217 Å². The van der Waals surface area contributed by atoms with Crippen molar-refractivity contribution in [3.8, 4) is 0 Å². The van der Waals surface area contributed by atoms with Crippen LogP contribution in [-0.4, -0.2) is 93.0 Å². The number of aliphatic imine (C=N–C) groups is 1. The Bertz CT molecular complexity index is 662. The monoisotopic (exact) mass is 573 g/mol. The first-order chi connectivity index (χ1) is 15.7. The first-order valence-corrected chi connectivity index (χ1v) is 12.4. The average molecular weight is 574 g/mol. The molecule has 0 aromatic heterocycles. The largest absolute Gasteiger partial charge is 0.396 e. The maximum Gasteiger partial charge on any atom is 0.191 e. The molecule has 0 radical (unpaired) electrons. The highest BCUT2D eigenvalue weighted by atomic mass is 127. The molecule has 0 saturated carbocycles. The van der Waals surface area contributed by atoms with Gasteiger partial charge in [0.2, 0.25) is 0 Å². The molecule has 1 atom stereocenters. The smallest absolute Gasteiger partial charge is 0.191 e. The molecule has 1 unspecified atom stereocenters. The third-order valence-electron chi connectivity index (χ3n) is 6.65. The van der Waals surface area contributed by atoms with Crippen LogP contribution >= 0.6 is 24.0 Å². The van der Waals surface area contributed by atoms with Crippen molar-refractivity contribution >= 4 is 29.9 Å². The molecule has 7 nitrogen and oxygen atoms in total. The Morgan fingerprint density at radius 1 is 1.09 bits per heavy atom. The van der Waals surface area contributed by atoms with Crippen LogP contribution in [0, 0.1) is 5.41 Å². The van der Waals surface area contributed by atoms with Crippen LogP contribution in [0.2, 0.25) is 0 Å². The zero-order chi connectivity index (χ0) is 22.5. The average Bonchev–Trinajstić information content (AvgIpc) is 3.28. The third-order valence-corrected chi connectivity index (χ3v) is 6.65. The minimum Gasteiger partial charge on any atom is -0.396 e. The van der Waals surface area contributed by atoms with Crippen LogP contribution in [0.5, 0.6) is 0 Å². The number of aliphatic hydroxyl groups excluding tert-OH is 1. The van der Waals surface area contributed by atoms with Crippen molar-refractivity contribution in [1.82, 2.24) is 20.4 Å². The van der Waals surface area contributed by atoms with Crippen LogP contribution in [0.25, 0.3) is 0 Å².